The maximum absolute atomic E-state index is 12.2. The summed E-state index contributed by atoms with van der Waals surface area (Å²) in [6.07, 6.45) is 5.63. The van der Waals surface area contributed by atoms with E-state index in [9.17, 15) is 4.79 Å². The first-order valence-electron chi connectivity index (χ1n) is 9.88. The van der Waals surface area contributed by atoms with E-state index in [2.05, 4.69) is 20.5 Å². The molecule has 1 fully saturated rings. The molecule has 1 amide bonds. The second kappa shape index (κ2) is 9.24. The van der Waals surface area contributed by atoms with E-state index in [0.717, 1.165) is 36.7 Å². The van der Waals surface area contributed by atoms with Gasteiger partial charge in [0.05, 0.1) is 18.4 Å². The van der Waals surface area contributed by atoms with Gasteiger partial charge in [0.15, 0.2) is 0 Å². The largest absolute Gasteiger partial charge is 0.459 e. The van der Waals surface area contributed by atoms with Crippen LogP contribution in [0, 0.1) is 0 Å². The van der Waals surface area contributed by atoms with Crippen molar-refractivity contribution in [2.45, 2.75) is 38.9 Å². The molecular weight excluding hydrogens is 390 g/mol. The average Bonchev–Trinajstić information content (AvgIpc) is 3.37. The highest BCUT2D eigenvalue weighted by Gasteiger charge is 2.13. The molecule has 0 unspecified atom stereocenters. The number of hydrogen-bond donors (Lipinski definition) is 1. The van der Waals surface area contributed by atoms with E-state index in [1.165, 1.54) is 19.3 Å². The van der Waals surface area contributed by atoms with E-state index >= 15 is 0 Å². The number of nitrogens with one attached hydrogen (secondary N) is 1. The van der Waals surface area contributed by atoms with Crippen LogP contribution in [0.15, 0.2) is 47.0 Å². The van der Waals surface area contributed by atoms with Crippen molar-refractivity contribution in [3.05, 3.63) is 59.1 Å². The lowest BCUT2D eigenvalue weighted by Gasteiger charge is -2.25. The van der Waals surface area contributed by atoms with E-state index in [1.54, 1.807) is 4.68 Å². The van der Waals surface area contributed by atoms with E-state index in [0.29, 0.717) is 17.3 Å². The summed E-state index contributed by atoms with van der Waals surface area (Å²) >= 11 is 5.91. The molecule has 1 aliphatic rings. The zero-order valence-electron chi connectivity index (χ0n) is 16.2. The van der Waals surface area contributed by atoms with Crippen LogP contribution in [0.3, 0.4) is 0 Å². The Kier molecular flexibility index (Phi) is 6.27. The molecule has 152 valence electrons. The second-order valence-electron chi connectivity index (χ2n) is 7.29. The summed E-state index contributed by atoms with van der Waals surface area (Å²) in [5.74, 6) is 1.29. The molecule has 1 saturated heterocycles. The Bertz CT molecular complexity index is 944. The van der Waals surface area contributed by atoms with Crippen LogP contribution in [0.25, 0.3) is 11.3 Å². The number of carbonyl (C=O) groups excluding carboxylic acids is 1. The first-order valence-corrected chi connectivity index (χ1v) is 10.3. The van der Waals surface area contributed by atoms with Crippen LogP contribution in [-0.4, -0.2) is 38.9 Å². The molecule has 2 aromatic heterocycles. The molecule has 0 bridgehead atoms. The molecule has 3 aromatic rings. The third kappa shape index (κ3) is 5.46. The van der Waals surface area contributed by atoms with Crippen LogP contribution >= 0.6 is 11.6 Å². The van der Waals surface area contributed by atoms with Gasteiger partial charge in [-0.3, -0.25) is 9.69 Å². The molecule has 0 saturated carbocycles. The molecule has 1 aliphatic heterocycles. The SMILES string of the molecule is O=C(Cn1cc(CN2CCCCC2)nn1)NCc1ccc(-c2ccc(Cl)cc2)o1. The molecule has 7 nitrogen and oxygen atoms in total. The quantitative estimate of drug-likeness (QED) is 0.641. The summed E-state index contributed by atoms with van der Waals surface area (Å²) in [6.45, 7) is 3.46. The summed E-state index contributed by atoms with van der Waals surface area (Å²) in [7, 11) is 0. The molecule has 0 atom stereocenters. The smallest absolute Gasteiger partial charge is 0.242 e. The molecule has 0 spiro atoms. The Hall–Kier alpha value is -2.64. The zero-order valence-corrected chi connectivity index (χ0v) is 16.9. The summed E-state index contributed by atoms with van der Waals surface area (Å²) in [5.41, 5.74) is 1.84. The monoisotopic (exact) mass is 413 g/mol. The van der Waals surface area contributed by atoms with E-state index in [1.807, 2.05) is 42.6 Å². The number of rotatable bonds is 7. The minimum absolute atomic E-state index is 0.135. The van der Waals surface area contributed by atoms with Crippen LogP contribution in [0.2, 0.25) is 5.02 Å². The number of benzene rings is 1. The minimum atomic E-state index is -0.135. The van der Waals surface area contributed by atoms with Crippen LogP contribution in [0.5, 0.6) is 0 Å². The maximum atomic E-state index is 12.2. The Morgan fingerprint density at radius 3 is 2.69 bits per heavy atom. The lowest BCUT2D eigenvalue weighted by atomic mass is 10.1. The topological polar surface area (TPSA) is 76.2 Å². The van der Waals surface area contributed by atoms with Gasteiger partial charge < -0.3 is 9.73 Å². The fourth-order valence-electron chi connectivity index (χ4n) is 3.47. The number of furan rings is 1. The normalized spacial score (nSPS) is 14.8. The van der Waals surface area contributed by atoms with Gasteiger partial charge in [0.1, 0.15) is 18.1 Å². The molecule has 3 heterocycles. The predicted octanol–water partition coefficient (Wildman–Crippen LogP) is 3.49. The molecule has 4 rings (SSSR count). The zero-order chi connectivity index (χ0) is 20.1. The van der Waals surface area contributed by atoms with Crippen LogP contribution in [0.1, 0.15) is 30.7 Å². The van der Waals surface area contributed by atoms with Crippen molar-refractivity contribution < 1.29 is 9.21 Å². The molecule has 0 radical (unpaired) electrons. The van der Waals surface area contributed by atoms with Crippen molar-refractivity contribution in [3.63, 3.8) is 0 Å². The molecule has 8 heteroatoms. The number of nitrogens with zero attached hydrogens (tertiary/aromatic N) is 4. The van der Waals surface area contributed by atoms with Crippen molar-refractivity contribution in [2.24, 2.45) is 0 Å². The summed E-state index contributed by atoms with van der Waals surface area (Å²) in [6, 6.07) is 11.2. The molecular formula is C21H24ClN5O2. The number of likely N-dealkylation sites (tertiary alicyclic amines) is 1. The van der Waals surface area contributed by atoms with Crippen molar-refractivity contribution in [2.75, 3.05) is 13.1 Å². The number of amides is 1. The van der Waals surface area contributed by atoms with Gasteiger partial charge >= 0.3 is 0 Å². The fraction of sp³-hybridized carbons (Fsp3) is 0.381. The molecule has 1 aromatic carbocycles. The van der Waals surface area contributed by atoms with Gasteiger partial charge in [-0.05, 0) is 62.3 Å². The predicted molar refractivity (Wildman–Crippen MR) is 110 cm³/mol. The van der Waals surface area contributed by atoms with Crippen molar-refractivity contribution in [1.82, 2.24) is 25.2 Å². The highest BCUT2D eigenvalue weighted by molar-refractivity contribution is 6.30. The van der Waals surface area contributed by atoms with Gasteiger partial charge in [-0.1, -0.05) is 23.2 Å². The third-order valence-corrected chi connectivity index (χ3v) is 5.23. The van der Waals surface area contributed by atoms with Gasteiger partial charge in [0, 0.05) is 17.1 Å². The number of hydrogen-bond acceptors (Lipinski definition) is 5. The first-order chi connectivity index (χ1) is 14.2. The highest BCUT2D eigenvalue weighted by Crippen LogP contribution is 2.23. The summed E-state index contributed by atoms with van der Waals surface area (Å²) < 4.78 is 7.38. The van der Waals surface area contributed by atoms with Crippen LogP contribution < -0.4 is 5.32 Å². The fourth-order valence-corrected chi connectivity index (χ4v) is 3.59. The van der Waals surface area contributed by atoms with E-state index in [-0.39, 0.29) is 12.5 Å². The Balaban J connectivity index is 1.25. The maximum Gasteiger partial charge on any atom is 0.242 e. The number of halogens is 1. The Morgan fingerprint density at radius 2 is 1.90 bits per heavy atom. The van der Waals surface area contributed by atoms with Crippen molar-refractivity contribution >= 4 is 17.5 Å². The second-order valence-corrected chi connectivity index (χ2v) is 7.73. The van der Waals surface area contributed by atoms with Gasteiger partial charge in [-0.15, -0.1) is 5.10 Å². The molecule has 1 N–H and O–H groups in total. The van der Waals surface area contributed by atoms with Crippen molar-refractivity contribution in [3.8, 4) is 11.3 Å². The molecule has 0 aliphatic carbocycles. The Labute approximate surface area is 174 Å². The van der Waals surface area contributed by atoms with Gasteiger partial charge in [0.25, 0.3) is 0 Å². The van der Waals surface area contributed by atoms with E-state index < -0.39 is 0 Å². The number of aromatic nitrogens is 3. The van der Waals surface area contributed by atoms with E-state index in [4.69, 9.17) is 16.0 Å². The average molecular weight is 414 g/mol. The van der Waals surface area contributed by atoms with Crippen LogP contribution in [-0.2, 0) is 24.4 Å². The van der Waals surface area contributed by atoms with Gasteiger partial charge in [-0.25, -0.2) is 4.68 Å². The standard InChI is InChI=1S/C21H24ClN5O2/c22-17-6-4-16(5-7-17)20-9-8-19(29-20)12-23-21(28)15-27-14-18(24-25-27)13-26-10-2-1-3-11-26/h4-9,14H,1-3,10-13,15H2,(H,23,28). The Morgan fingerprint density at radius 1 is 1.10 bits per heavy atom. The number of piperidine rings is 1. The minimum Gasteiger partial charge on any atom is -0.459 e. The summed E-state index contributed by atoms with van der Waals surface area (Å²) in [5, 5.41) is 11.8. The van der Waals surface area contributed by atoms with Crippen LogP contribution in [0.4, 0.5) is 0 Å². The first kappa shape index (κ1) is 19.7. The lowest BCUT2D eigenvalue weighted by molar-refractivity contribution is -0.122. The van der Waals surface area contributed by atoms with Crippen molar-refractivity contribution in [1.29, 1.82) is 0 Å². The highest BCUT2D eigenvalue weighted by atomic mass is 35.5. The summed E-state index contributed by atoms with van der Waals surface area (Å²) in [4.78, 5) is 14.6. The molecule has 29 heavy (non-hydrogen) atoms. The van der Waals surface area contributed by atoms with Gasteiger partial charge in [0.2, 0.25) is 5.91 Å². The van der Waals surface area contributed by atoms with Gasteiger partial charge in [-0.2, -0.15) is 0 Å². The third-order valence-electron chi connectivity index (χ3n) is 4.98. The number of carbonyl (C=O) groups is 1. The lowest BCUT2D eigenvalue weighted by Crippen LogP contribution is -2.29.